The number of hydrogen-bond donors (Lipinski definition) is 4. The standard InChI is InChI=1S/C69H82F2N16O2/c1-7-48-35-60(64(88-6)39-62(48)86-22-16-51(17-23-86)84-30-26-82(4)27-31-84)80-68-41-66(74-44-76-68)79-50-15-21-73-59(37-50)54-13-12-47(34-57(54)71)43-89-65-40-63(87-24-18-52(19-25-87)85-32-28-83(5)29-33-85)55(46(2)3)38-61(65)81-69-42-67(75-45-77-69)78-49-14-20-72-58(36-49)53-10-8-9-11-56(53)70/h8-15,20-21,34-42,44-46,51-52H,7,16-19,22-33,43H2,1-6H3,(H2,72,75,77,78,81)(H2,73,74,76,79,80). The molecule has 0 unspecified atom stereocenters. The molecule has 12 rings (SSSR count). The summed E-state index contributed by atoms with van der Waals surface area (Å²) in [5, 5.41) is 13.8. The van der Waals surface area contributed by atoms with E-state index in [0.29, 0.717) is 86.2 Å². The lowest BCUT2D eigenvalue weighted by Crippen LogP contribution is -2.52. The van der Waals surface area contributed by atoms with Gasteiger partial charge in [0.2, 0.25) is 0 Å². The number of pyridine rings is 2. The summed E-state index contributed by atoms with van der Waals surface area (Å²) in [6, 6.07) is 32.4. The average molecular weight is 1210 g/mol. The van der Waals surface area contributed by atoms with Crippen molar-refractivity contribution in [3.8, 4) is 34.0 Å². The normalized spacial score (nSPS) is 16.8. The molecule has 18 nitrogen and oxygen atoms in total. The summed E-state index contributed by atoms with van der Waals surface area (Å²) < 4.78 is 44.0. The van der Waals surface area contributed by atoms with Crippen molar-refractivity contribution in [1.82, 2.24) is 49.5 Å². The van der Waals surface area contributed by atoms with Crippen LogP contribution in [0.5, 0.6) is 11.5 Å². The lowest BCUT2D eigenvalue weighted by Gasteiger charge is -2.43. The number of rotatable bonds is 20. The minimum Gasteiger partial charge on any atom is -0.494 e. The van der Waals surface area contributed by atoms with Crippen molar-refractivity contribution in [1.29, 1.82) is 0 Å². The predicted molar refractivity (Wildman–Crippen MR) is 352 cm³/mol. The second-order valence-electron chi connectivity index (χ2n) is 24.2. The summed E-state index contributed by atoms with van der Waals surface area (Å²) in [4.78, 5) is 42.5. The molecule has 0 bridgehead atoms. The molecule has 0 aliphatic carbocycles. The molecule has 4 N–H and O–H groups in total. The van der Waals surface area contributed by atoms with Crippen LogP contribution in [0, 0.1) is 11.6 Å². The Kier molecular flexibility index (Phi) is 19.0. The molecule has 89 heavy (non-hydrogen) atoms. The molecular weight excluding hydrogens is 1120 g/mol. The molecule has 464 valence electrons. The SMILES string of the molecule is CCc1cc(Nc2cc(Nc3ccnc(-c4ccc(COc5cc(N6CCC(N7CCN(C)CC7)CC6)c(C(C)C)cc5Nc5cc(Nc6ccnc(-c7ccccc7F)c6)ncn5)cc4F)c3)ncn2)c(OC)cc1N1CCC(N2CCN(C)CC2)CC1. The quantitative estimate of drug-likeness (QED) is 0.0569. The first-order valence-corrected chi connectivity index (χ1v) is 31.4. The van der Waals surface area contributed by atoms with E-state index in [2.05, 4.69) is 140 Å². The number of piperidine rings is 2. The fraction of sp³-hybridized carbons (Fsp3) is 0.391. The molecule has 4 aliphatic heterocycles. The lowest BCUT2D eigenvalue weighted by atomic mass is 9.96. The monoisotopic (exact) mass is 1200 g/mol. The van der Waals surface area contributed by atoms with Crippen molar-refractivity contribution < 1.29 is 18.3 Å². The number of piperazine rings is 2. The van der Waals surface area contributed by atoms with Crippen LogP contribution < -0.4 is 40.5 Å². The zero-order valence-corrected chi connectivity index (χ0v) is 52.0. The Morgan fingerprint density at radius 1 is 0.517 bits per heavy atom. The zero-order chi connectivity index (χ0) is 61.4. The summed E-state index contributed by atoms with van der Waals surface area (Å²) in [5.74, 6) is 2.93. The van der Waals surface area contributed by atoms with Crippen LogP contribution >= 0.6 is 0 Å². The molecule has 20 heteroatoms. The number of hydrogen-bond acceptors (Lipinski definition) is 18. The third-order valence-corrected chi connectivity index (χ3v) is 18.0. The van der Waals surface area contributed by atoms with E-state index in [4.69, 9.17) is 9.47 Å². The highest BCUT2D eigenvalue weighted by molar-refractivity contribution is 5.76. The minimum atomic E-state index is -0.431. The number of nitrogens with one attached hydrogen (secondary N) is 4. The third-order valence-electron chi connectivity index (χ3n) is 18.0. The lowest BCUT2D eigenvalue weighted by molar-refractivity contribution is 0.0981. The van der Waals surface area contributed by atoms with E-state index >= 15 is 4.39 Å². The number of methoxy groups -OCH3 is 1. The molecule has 4 aromatic carbocycles. The van der Waals surface area contributed by atoms with Gasteiger partial charge in [0.25, 0.3) is 0 Å². The highest BCUT2D eigenvalue weighted by Crippen LogP contribution is 2.42. The van der Waals surface area contributed by atoms with Crippen molar-refractivity contribution in [2.75, 3.05) is 131 Å². The highest BCUT2D eigenvalue weighted by atomic mass is 19.1. The molecule has 0 atom stereocenters. The van der Waals surface area contributed by atoms with Crippen molar-refractivity contribution in [3.05, 3.63) is 157 Å². The molecule has 4 aliphatic rings. The fourth-order valence-corrected chi connectivity index (χ4v) is 12.9. The van der Waals surface area contributed by atoms with Crippen LogP contribution in [-0.4, -0.2) is 161 Å². The summed E-state index contributed by atoms with van der Waals surface area (Å²) in [7, 11) is 6.13. The van der Waals surface area contributed by atoms with Crippen LogP contribution in [0.4, 0.5) is 66.2 Å². The van der Waals surface area contributed by atoms with Gasteiger partial charge in [0.05, 0.1) is 29.9 Å². The fourth-order valence-electron chi connectivity index (χ4n) is 12.9. The smallest absolute Gasteiger partial charge is 0.145 e. The first-order chi connectivity index (χ1) is 43.4. The Morgan fingerprint density at radius 3 is 1.54 bits per heavy atom. The molecule has 0 radical (unpaired) electrons. The van der Waals surface area contributed by atoms with Gasteiger partial charge in [0.1, 0.15) is 65.7 Å². The van der Waals surface area contributed by atoms with Gasteiger partial charge in [-0.15, -0.1) is 0 Å². The average Bonchev–Trinajstić information content (AvgIpc) is 2.03. The van der Waals surface area contributed by atoms with Crippen LogP contribution in [0.3, 0.4) is 0 Å². The molecule has 8 aromatic rings. The maximum atomic E-state index is 16.5. The number of nitrogens with zero attached hydrogens (tertiary/aromatic N) is 12. The Labute approximate surface area is 521 Å². The largest absolute Gasteiger partial charge is 0.494 e. The molecular formula is C69H82F2N16O2. The maximum Gasteiger partial charge on any atom is 0.145 e. The number of benzene rings is 4. The Bertz CT molecular complexity index is 3710. The van der Waals surface area contributed by atoms with Crippen LogP contribution in [0.1, 0.15) is 69.1 Å². The van der Waals surface area contributed by atoms with Gasteiger partial charge in [-0.05, 0) is 129 Å². The topological polar surface area (TPSA) is 163 Å². The number of halogens is 2. The minimum absolute atomic E-state index is 0.0892. The van der Waals surface area contributed by atoms with Crippen LogP contribution in [0.2, 0.25) is 0 Å². The Morgan fingerprint density at radius 2 is 1.02 bits per heavy atom. The zero-order valence-electron chi connectivity index (χ0n) is 52.0. The van der Waals surface area contributed by atoms with E-state index in [9.17, 15) is 4.39 Å². The van der Waals surface area contributed by atoms with Crippen molar-refractivity contribution in [2.24, 2.45) is 0 Å². The molecule has 4 aromatic heterocycles. The van der Waals surface area contributed by atoms with Gasteiger partial charge in [-0.25, -0.2) is 28.7 Å². The van der Waals surface area contributed by atoms with Gasteiger partial charge in [-0.2, -0.15) is 0 Å². The molecule has 0 spiro atoms. The van der Waals surface area contributed by atoms with E-state index in [1.54, 1.807) is 55.9 Å². The van der Waals surface area contributed by atoms with E-state index < -0.39 is 5.82 Å². The van der Waals surface area contributed by atoms with E-state index in [1.807, 2.05) is 30.3 Å². The van der Waals surface area contributed by atoms with Crippen LogP contribution in [0.25, 0.3) is 22.5 Å². The first kappa shape index (κ1) is 60.7. The Hall–Kier alpha value is -8.56. The maximum absolute atomic E-state index is 16.5. The number of aromatic nitrogens is 6. The molecule has 0 amide bonds. The van der Waals surface area contributed by atoms with E-state index in [0.717, 1.165) is 128 Å². The first-order valence-electron chi connectivity index (χ1n) is 31.4. The predicted octanol–water partition coefficient (Wildman–Crippen LogP) is 12.3. The van der Waals surface area contributed by atoms with Gasteiger partial charge in [-0.3, -0.25) is 19.8 Å². The highest BCUT2D eigenvalue weighted by Gasteiger charge is 2.31. The second kappa shape index (κ2) is 27.9. The van der Waals surface area contributed by atoms with Crippen LogP contribution in [0.15, 0.2) is 128 Å². The van der Waals surface area contributed by atoms with Crippen LogP contribution in [-0.2, 0) is 13.0 Å². The van der Waals surface area contributed by atoms with Gasteiger partial charge in [0.15, 0.2) is 0 Å². The molecule has 0 saturated carbocycles. The molecule has 4 saturated heterocycles. The molecule has 8 heterocycles. The number of likely N-dealkylation sites (N-methyl/N-ethyl adjacent to an activating group) is 2. The summed E-state index contributed by atoms with van der Waals surface area (Å²) in [6.07, 6.45) is 11.6. The van der Waals surface area contributed by atoms with Gasteiger partial charge in [0, 0.05) is 161 Å². The Balaban J connectivity index is 0.738. The number of anilines is 10. The molecule has 4 fully saturated rings. The van der Waals surface area contributed by atoms with Crippen molar-refractivity contribution in [2.45, 2.75) is 77.5 Å². The van der Waals surface area contributed by atoms with Gasteiger partial charge < -0.3 is 50.3 Å². The number of aryl methyl sites for hydroxylation is 1. The van der Waals surface area contributed by atoms with Gasteiger partial charge >= 0.3 is 0 Å². The summed E-state index contributed by atoms with van der Waals surface area (Å²) >= 11 is 0. The van der Waals surface area contributed by atoms with E-state index in [1.165, 1.54) is 41.6 Å². The van der Waals surface area contributed by atoms with E-state index in [-0.39, 0.29) is 18.3 Å². The van der Waals surface area contributed by atoms with Gasteiger partial charge in [-0.1, -0.05) is 39.0 Å². The second-order valence-corrected chi connectivity index (χ2v) is 24.2. The summed E-state index contributed by atoms with van der Waals surface area (Å²) in [5.41, 5.74) is 10.0. The third kappa shape index (κ3) is 14.6. The van der Waals surface area contributed by atoms with Crippen molar-refractivity contribution in [3.63, 3.8) is 0 Å². The number of ether oxygens (including phenoxy) is 2. The summed E-state index contributed by atoms with van der Waals surface area (Å²) in [6.45, 7) is 19.6. The van der Waals surface area contributed by atoms with Crippen molar-refractivity contribution >= 4 is 57.4 Å².